The zero-order chi connectivity index (χ0) is 16.0. The number of rotatable bonds is 5. The maximum atomic E-state index is 10.0. The van der Waals surface area contributed by atoms with Gasteiger partial charge in [0.05, 0.1) is 12.8 Å². The van der Waals surface area contributed by atoms with Crippen LogP contribution in [0.5, 0.6) is 0 Å². The molecule has 20 heavy (non-hydrogen) atoms. The topological polar surface area (TPSA) is 120 Å². The number of ketones is 4. The summed E-state index contributed by atoms with van der Waals surface area (Å²) in [5, 5.41) is 0. The molecule has 7 heteroatoms. The standard InChI is InChI=1S/2C5H8O2.C3H10N2.Ni/c2*1-4(6)3-5(2)7;1-3(5)2-4;/h2*3H2,1-2H3;3H,2,4-5H2,1H3;. The van der Waals surface area contributed by atoms with Crippen LogP contribution in [0, 0.1) is 0 Å². The van der Waals surface area contributed by atoms with Gasteiger partial charge in [0.2, 0.25) is 0 Å². The van der Waals surface area contributed by atoms with E-state index in [0.29, 0.717) is 6.54 Å². The van der Waals surface area contributed by atoms with Crippen LogP contribution in [0.25, 0.3) is 0 Å². The molecule has 0 aliphatic carbocycles. The van der Waals surface area contributed by atoms with E-state index in [4.69, 9.17) is 11.5 Å². The van der Waals surface area contributed by atoms with Crippen molar-refractivity contribution < 1.29 is 35.7 Å². The maximum Gasteiger partial charge on any atom is 0.137 e. The van der Waals surface area contributed by atoms with Crippen LogP contribution in [0.1, 0.15) is 47.5 Å². The Morgan fingerprint density at radius 2 is 0.950 bits per heavy atom. The molecule has 6 nitrogen and oxygen atoms in total. The van der Waals surface area contributed by atoms with Crippen LogP contribution >= 0.6 is 0 Å². The van der Waals surface area contributed by atoms with E-state index >= 15 is 0 Å². The maximum absolute atomic E-state index is 10.0. The summed E-state index contributed by atoms with van der Waals surface area (Å²) in [7, 11) is 0. The van der Waals surface area contributed by atoms with Gasteiger partial charge in [-0.3, -0.25) is 19.2 Å². The fourth-order valence-electron chi connectivity index (χ4n) is 0.701. The predicted octanol–water partition coefficient (Wildman–Crippen LogP) is 0.399. The Kier molecular flexibility index (Phi) is 24.8. The molecule has 0 bridgehead atoms. The molecule has 122 valence electrons. The minimum absolute atomic E-state index is 0. The first kappa shape index (κ1) is 27.4. The largest absolute Gasteiger partial charge is 0.329 e. The van der Waals surface area contributed by atoms with Crippen LogP contribution < -0.4 is 11.5 Å². The molecule has 0 spiro atoms. The van der Waals surface area contributed by atoms with Gasteiger partial charge in [-0.05, 0) is 34.6 Å². The van der Waals surface area contributed by atoms with E-state index in [2.05, 4.69) is 0 Å². The van der Waals surface area contributed by atoms with Gasteiger partial charge in [0.1, 0.15) is 23.1 Å². The van der Waals surface area contributed by atoms with E-state index in [0.717, 1.165) is 0 Å². The second-order valence-electron chi connectivity index (χ2n) is 4.37. The average Bonchev–Trinajstić information content (AvgIpc) is 2.14. The zero-order valence-corrected chi connectivity index (χ0v) is 13.8. The van der Waals surface area contributed by atoms with Crippen LogP contribution in [0.15, 0.2) is 0 Å². The van der Waals surface area contributed by atoms with E-state index in [1.807, 2.05) is 6.92 Å². The molecular weight excluding hydrogens is 307 g/mol. The first-order valence-electron chi connectivity index (χ1n) is 5.96. The molecular formula is C13H26N2NiO4. The van der Waals surface area contributed by atoms with Gasteiger partial charge in [-0.15, -0.1) is 0 Å². The van der Waals surface area contributed by atoms with Gasteiger partial charge in [-0.1, -0.05) is 0 Å². The smallest absolute Gasteiger partial charge is 0.137 e. The minimum atomic E-state index is -0.0625. The summed E-state index contributed by atoms with van der Waals surface area (Å²) in [5.41, 5.74) is 10.2. The minimum Gasteiger partial charge on any atom is -0.329 e. The van der Waals surface area contributed by atoms with Crippen molar-refractivity contribution in [2.24, 2.45) is 11.5 Å². The quantitative estimate of drug-likeness (QED) is 0.555. The molecule has 0 aromatic rings. The van der Waals surface area contributed by atoms with Gasteiger partial charge in [-0.25, -0.2) is 0 Å². The van der Waals surface area contributed by atoms with Crippen molar-refractivity contribution in [3.63, 3.8) is 0 Å². The Morgan fingerprint density at radius 3 is 0.950 bits per heavy atom. The molecule has 0 amide bonds. The predicted molar refractivity (Wildman–Crippen MR) is 74.7 cm³/mol. The second kappa shape index (κ2) is 18.1. The van der Waals surface area contributed by atoms with E-state index in [1.165, 1.54) is 27.7 Å². The number of nitrogens with two attached hydrogens (primary N) is 2. The fourth-order valence-corrected chi connectivity index (χ4v) is 0.701. The van der Waals surface area contributed by atoms with Crippen LogP contribution in [0.2, 0.25) is 0 Å². The summed E-state index contributed by atoms with van der Waals surface area (Å²) in [5.74, 6) is -0.250. The van der Waals surface area contributed by atoms with Crippen molar-refractivity contribution in [3.8, 4) is 0 Å². The number of Topliss-reactive ketones (excluding diaryl/α,β-unsaturated/α-hetero) is 4. The van der Waals surface area contributed by atoms with Crippen LogP contribution in [-0.2, 0) is 35.7 Å². The van der Waals surface area contributed by atoms with E-state index in [9.17, 15) is 19.2 Å². The van der Waals surface area contributed by atoms with E-state index < -0.39 is 0 Å². The van der Waals surface area contributed by atoms with Gasteiger partial charge in [0.25, 0.3) is 0 Å². The molecule has 0 saturated carbocycles. The number of carbonyl (C=O) groups excluding carboxylic acids is 4. The first-order chi connectivity index (χ1) is 8.52. The number of carbonyl (C=O) groups is 4. The van der Waals surface area contributed by atoms with Crippen molar-refractivity contribution in [2.75, 3.05) is 6.54 Å². The number of hydrogen-bond acceptors (Lipinski definition) is 6. The summed E-state index contributed by atoms with van der Waals surface area (Å²) >= 11 is 0. The molecule has 1 unspecified atom stereocenters. The van der Waals surface area contributed by atoms with E-state index in [1.54, 1.807) is 0 Å². The molecule has 4 N–H and O–H groups in total. The zero-order valence-electron chi connectivity index (χ0n) is 12.8. The fraction of sp³-hybridized carbons (Fsp3) is 0.692. The van der Waals surface area contributed by atoms with Crippen molar-refractivity contribution >= 4 is 23.1 Å². The summed E-state index contributed by atoms with van der Waals surface area (Å²) in [6.45, 7) is 8.07. The summed E-state index contributed by atoms with van der Waals surface area (Å²) in [6.07, 6.45) is 0.167. The molecule has 0 aromatic carbocycles. The van der Waals surface area contributed by atoms with Gasteiger partial charge >= 0.3 is 0 Å². The van der Waals surface area contributed by atoms with Gasteiger partial charge in [0, 0.05) is 29.1 Å². The second-order valence-corrected chi connectivity index (χ2v) is 4.37. The van der Waals surface area contributed by atoms with Crippen LogP contribution in [0.3, 0.4) is 0 Å². The van der Waals surface area contributed by atoms with Gasteiger partial charge in [-0.2, -0.15) is 0 Å². The normalized spacial score (nSPS) is 9.55. The molecule has 0 aliphatic heterocycles. The summed E-state index contributed by atoms with van der Waals surface area (Å²) in [6, 6.07) is 0.162. The molecule has 0 fully saturated rings. The molecule has 0 saturated heterocycles. The van der Waals surface area contributed by atoms with Crippen LogP contribution in [-0.4, -0.2) is 35.7 Å². The molecule has 0 aliphatic rings. The summed E-state index contributed by atoms with van der Waals surface area (Å²) < 4.78 is 0. The van der Waals surface area contributed by atoms with Crippen molar-refractivity contribution in [2.45, 2.75) is 53.5 Å². The molecule has 0 heterocycles. The van der Waals surface area contributed by atoms with Crippen molar-refractivity contribution in [3.05, 3.63) is 0 Å². The first-order valence-corrected chi connectivity index (χ1v) is 5.96. The van der Waals surface area contributed by atoms with Crippen molar-refractivity contribution in [1.82, 2.24) is 0 Å². The summed E-state index contributed by atoms with van der Waals surface area (Å²) in [4.78, 5) is 40.1. The monoisotopic (exact) mass is 332 g/mol. The third-order valence-corrected chi connectivity index (χ3v) is 1.37. The van der Waals surface area contributed by atoms with Crippen LogP contribution in [0.4, 0.5) is 0 Å². The Balaban J connectivity index is -0.0000000952. The molecule has 1 atom stereocenters. The SMILES string of the molecule is CC(=O)CC(C)=O.CC(=O)CC(C)=O.CC(N)CN.[Ni]. The molecule has 0 radical (unpaired) electrons. The molecule has 0 rings (SSSR count). The third kappa shape index (κ3) is 53.5. The average molecular weight is 333 g/mol. The van der Waals surface area contributed by atoms with Gasteiger partial charge < -0.3 is 11.5 Å². The molecule has 0 aromatic heterocycles. The van der Waals surface area contributed by atoms with Crippen molar-refractivity contribution in [1.29, 1.82) is 0 Å². The van der Waals surface area contributed by atoms with Gasteiger partial charge in [0.15, 0.2) is 0 Å². The van der Waals surface area contributed by atoms with E-state index in [-0.39, 0.29) is 58.5 Å². The Hall–Kier alpha value is -0.906. The Labute approximate surface area is 131 Å². The Morgan fingerprint density at radius 1 is 0.800 bits per heavy atom. The number of hydrogen-bond donors (Lipinski definition) is 2. The Bertz CT molecular complexity index is 255. The third-order valence-electron chi connectivity index (χ3n) is 1.37.